The Morgan fingerprint density at radius 2 is 2.28 bits per heavy atom. The third kappa shape index (κ3) is 3.26. The van der Waals surface area contributed by atoms with Gasteiger partial charge in [-0.2, -0.15) is 11.8 Å². The predicted molar refractivity (Wildman–Crippen MR) is 73.4 cm³/mol. The van der Waals surface area contributed by atoms with E-state index >= 15 is 0 Å². The zero-order chi connectivity index (χ0) is 13.1. The van der Waals surface area contributed by atoms with Crippen LogP contribution >= 0.6 is 11.8 Å². The van der Waals surface area contributed by atoms with Crippen LogP contribution in [-0.2, 0) is 6.54 Å². The van der Waals surface area contributed by atoms with Crippen LogP contribution in [0.15, 0.2) is 18.2 Å². The third-order valence-electron chi connectivity index (χ3n) is 3.23. The van der Waals surface area contributed by atoms with Crippen LogP contribution in [0.3, 0.4) is 0 Å². The Morgan fingerprint density at radius 3 is 2.94 bits per heavy atom. The Kier molecular flexibility index (Phi) is 4.67. The summed E-state index contributed by atoms with van der Waals surface area (Å²) >= 11 is 1.95. The lowest BCUT2D eigenvalue weighted by Gasteiger charge is -2.33. The fraction of sp³-hybridized carbons (Fsp3) is 0.500. The van der Waals surface area contributed by atoms with Gasteiger partial charge < -0.3 is 10.0 Å². The third-order valence-corrected chi connectivity index (χ3v) is 4.42. The zero-order valence-electron chi connectivity index (χ0n) is 10.3. The molecule has 2 N–H and O–H groups in total. The molecule has 1 atom stereocenters. The van der Waals surface area contributed by atoms with Crippen LogP contribution in [0.1, 0.15) is 12.5 Å². The second-order valence-corrected chi connectivity index (χ2v) is 5.77. The van der Waals surface area contributed by atoms with E-state index in [-0.39, 0.29) is 5.46 Å². The summed E-state index contributed by atoms with van der Waals surface area (Å²) in [6, 6.07) is 5.04. The van der Waals surface area contributed by atoms with Gasteiger partial charge in [0.15, 0.2) is 0 Å². The Morgan fingerprint density at radius 1 is 1.50 bits per heavy atom. The number of benzene rings is 1. The maximum absolute atomic E-state index is 13.3. The Bertz CT molecular complexity index is 419. The van der Waals surface area contributed by atoms with Gasteiger partial charge in [0, 0.05) is 36.1 Å². The number of rotatable bonds is 3. The van der Waals surface area contributed by atoms with Crippen molar-refractivity contribution in [2.45, 2.75) is 19.5 Å². The Balaban J connectivity index is 2.11. The molecule has 1 aromatic rings. The van der Waals surface area contributed by atoms with E-state index in [1.165, 1.54) is 12.1 Å². The topological polar surface area (TPSA) is 43.7 Å². The average Bonchev–Trinajstić information content (AvgIpc) is 2.34. The van der Waals surface area contributed by atoms with Crippen LogP contribution in [0.4, 0.5) is 4.39 Å². The molecule has 6 heteroatoms. The van der Waals surface area contributed by atoms with Gasteiger partial charge in [0.2, 0.25) is 0 Å². The van der Waals surface area contributed by atoms with Gasteiger partial charge in [0.05, 0.1) is 0 Å². The van der Waals surface area contributed by atoms with Crippen LogP contribution in [0.25, 0.3) is 0 Å². The molecular formula is C12H17BFNO2S. The highest BCUT2D eigenvalue weighted by Crippen LogP contribution is 2.18. The summed E-state index contributed by atoms with van der Waals surface area (Å²) in [6.07, 6.45) is 0. The van der Waals surface area contributed by atoms with E-state index in [0.29, 0.717) is 6.04 Å². The molecule has 1 unspecified atom stereocenters. The molecule has 18 heavy (non-hydrogen) atoms. The summed E-state index contributed by atoms with van der Waals surface area (Å²) in [7, 11) is -1.75. The molecule has 0 amide bonds. The molecule has 1 fully saturated rings. The summed E-state index contributed by atoms with van der Waals surface area (Å²) in [4.78, 5) is 2.33. The molecule has 0 bridgehead atoms. The molecule has 0 aliphatic carbocycles. The first-order chi connectivity index (χ1) is 8.58. The first kappa shape index (κ1) is 13.9. The Hall–Kier alpha value is -0.555. The number of hydrogen-bond donors (Lipinski definition) is 2. The van der Waals surface area contributed by atoms with E-state index in [0.717, 1.165) is 30.2 Å². The van der Waals surface area contributed by atoms with Crippen molar-refractivity contribution in [3.8, 4) is 0 Å². The number of hydrogen-bond acceptors (Lipinski definition) is 4. The second-order valence-electron chi connectivity index (χ2n) is 4.62. The van der Waals surface area contributed by atoms with Crippen molar-refractivity contribution in [1.82, 2.24) is 4.90 Å². The van der Waals surface area contributed by atoms with Crippen molar-refractivity contribution >= 4 is 24.3 Å². The van der Waals surface area contributed by atoms with E-state index in [9.17, 15) is 4.39 Å². The van der Waals surface area contributed by atoms with Gasteiger partial charge >= 0.3 is 7.12 Å². The summed E-state index contributed by atoms with van der Waals surface area (Å²) in [5, 5.41) is 18.2. The standard InChI is InChI=1S/C12H17BFNO2S/c1-9-8-18-5-4-15(9)7-10-2-3-12(14)11(6-10)13(16)17/h2-3,6,9,16-17H,4-5,7-8H2,1H3. The molecule has 0 saturated carbocycles. The fourth-order valence-electron chi connectivity index (χ4n) is 2.12. The maximum atomic E-state index is 13.3. The molecule has 2 rings (SSSR count). The van der Waals surface area contributed by atoms with Crippen LogP contribution in [-0.4, -0.2) is 46.2 Å². The highest BCUT2D eigenvalue weighted by atomic mass is 32.2. The van der Waals surface area contributed by atoms with Gasteiger partial charge in [-0.05, 0) is 18.6 Å². The van der Waals surface area contributed by atoms with Crippen molar-refractivity contribution in [2.24, 2.45) is 0 Å². The van der Waals surface area contributed by atoms with E-state index < -0.39 is 12.9 Å². The Labute approximate surface area is 111 Å². The first-order valence-corrected chi connectivity index (χ1v) is 7.19. The first-order valence-electron chi connectivity index (χ1n) is 6.04. The molecule has 1 heterocycles. The van der Waals surface area contributed by atoms with E-state index in [1.54, 1.807) is 6.07 Å². The average molecular weight is 269 g/mol. The lowest BCUT2D eigenvalue weighted by atomic mass is 9.79. The van der Waals surface area contributed by atoms with Crippen molar-refractivity contribution in [1.29, 1.82) is 0 Å². The van der Waals surface area contributed by atoms with E-state index in [1.807, 2.05) is 11.8 Å². The summed E-state index contributed by atoms with van der Waals surface area (Å²) in [5.74, 6) is 1.65. The number of halogens is 1. The van der Waals surface area contributed by atoms with E-state index in [4.69, 9.17) is 10.0 Å². The molecule has 0 spiro atoms. The van der Waals surface area contributed by atoms with Crippen LogP contribution in [0.5, 0.6) is 0 Å². The lowest BCUT2D eigenvalue weighted by Crippen LogP contribution is -2.40. The minimum absolute atomic E-state index is 0.0495. The van der Waals surface area contributed by atoms with Crippen molar-refractivity contribution in [3.63, 3.8) is 0 Å². The van der Waals surface area contributed by atoms with Crippen LogP contribution in [0.2, 0.25) is 0 Å². The van der Waals surface area contributed by atoms with Crippen molar-refractivity contribution in [2.75, 3.05) is 18.1 Å². The zero-order valence-corrected chi connectivity index (χ0v) is 11.2. The number of nitrogens with zero attached hydrogens (tertiary/aromatic N) is 1. The van der Waals surface area contributed by atoms with Gasteiger partial charge in [0.1, 0.15) is 5.82 Å². The van der Waals surface area contributed by atoms with E-state index in [2.05, 4.69) is 11.8 Å². The summed E-state index contributed by atoms with van der Waals surface area (Å²) < 4.78 is 13.3. The monoisotopic (exact) mass is 269 g/mol. The molecule has 1 aromatic carbocycles. The highest BCUT2D eigenvalue weighted by Gasteiger charge is 2.21. The molecule has 1 saturated heterocycles. The number of thioether (sulfide) groups is 1. The quantitative estimate of drug-likeness (QED) is 0.782. The minimum Gasteiger partial charge on any atom is -0.423 e. The SMILES string of the molecule is CC1CSCCN1Cc1ccc(F)c(B(O)O)c1. The van der Waals surface area contributed by atoms with Crippen molar-refractivity contribution < 1.29 is 14.4 Å². The van der Waals surface area contributed by atoms with Gasteiger partial charge in [-0.15, -0.1) is 0 Å². The maximum Gasteiger partial charge on any atom is 0.491 e. The minimum atomic E-state index is -1.75. The van der Waals surface area contributed by atoms with Gasteiger partial charge in [-0.25, -0.2) is 4.39 Å². The molecule has 0 aromatic heterocycles. The van der Waals surface area contributed by atoms with Crippen LogP contribution < -0.4 is 5.46 Å². The molecular weight excluding hydrogens is 252 g/mol. The van der Waals surface area contributed by atoms with Gasteiger partial charge in [-0.1, -0.05) is 12.1 Å². The largest absolute Gasteiger partial charge is 0.491 e. The fourth-order valence-corrected chi connectivity index (χ4v) is 3.20. The normalized spacial score (nSPS) is 21.0. The molecule has 98 valence electrons. The highest BCUT2D eigenvalue weighted by molar-refractivity contribution is 7.99. The summed E-state index contributed by atoms with van der Waals surface area (Å²) in [5.41, 5.74) is 0.866. The molecule has 3 nitrogen and oxygen atoms in total. The second kappa shape index (κ2) is 6.06. The smallest absolute Gasteiger partial charge is 0.423 e. The lowest BCUT2D eigenvalue weighted by molar-refractivity contribution is 0.224. The molecule has 1 aliphatic rings. The van der Waals surface area contributed by atoms with Gasteiger partial charge in [-0.3, -0.25) is 4.90 Å². The van der Waals surface area contributed by atoms with Gasteiger partial charge in [0.25, 0.3) is 0 Å². The molecule has 1 aliphatic heterocycles. The van der Waals surface area contributed by atoms with Crippen LogP contribution in [0, 0.1) is 5.82 Å². The predicted octanol–water partition coefficient (Wildman–Crippen LogP) is 0.443. The van der Waals surface area contributed by atoms with Crippen molar-refractivity contribution in [3.05, 3.63) is 29.6 Å². The molecule has 0 radical (unpaired) electrons. The summed E-state index contributed by atoms with van der Waals surface area (Å²) in [6.45, 7) is 3.92.